The maximum absolute atomic E-state index is 13.3. The zero-order chi connectivity index (χ0) is 27.2. The highest BCUT2D eigenvalue weighted by molar-refractivity contribution is 7.86. The van der Waals surface area contributed by atoms with Crippen molar-refractivity contribution in [3.8, 4) is 17.2 Å². The molecule has 0 aliphatic rings. The smallest absolute Gasteiger partial charge is 0.321 e. The number of carbonyl (C=O) groups is 1. The number of benzene rings is 2. The van der Waals surface area contributed by atoms with Crippen LogP contribution < -0.4 is 4.74 Å². The van der Waals surface area contributed by atoms with E-state index < -0.39 is 28.8 Å². The zero-order valence-corrected chi connectivity index (χ0v) is 23.0. The van der Waals surface area contributed by atoms with Gasteiger partial charge in [-0.25, -0.2) is 4.98 Å². The quantitative estimate of drug-likeness (QED) is 0.315. The van der Waals surface area contributed by atoms with E-state index in [-0.39, 0.29) is 19.7 Å². The summed E-state index contributed by atoms with van der Waals surface area (Å²) >= 11 is 0. The lowest BCUT2D eigenvalue weighted by molar-refractivity contribution is -0.141. The minimum atomic E-state index is -3.91. The number of hydrogen-bond donors (Lipinski definition) is 0. The molecule has 0 radical (unpaired) electrons. The number of methoxy groups -OCH3 is 1. The second-order valence-electron chi connectivity index (χ2n) is 8.64. The van der Waals surface area contributed by atoms with Crippen LogP contribution in [0.25, 0.3) is 11.5 Å². The highest BCUT2D eigenvalue weighted by atomic mass is 32.2. The van der Waals surface area contributed by atoms with Gasteiger partial charge >= 0.3 is 5.97 Å². The van der Waals surface area contributed by atoms with Gasteiger partial charge in [0, 0.05) is 24.7 Å². The summed E-state index contributed by atoms with van der Waals surface area (Å²) < 4.78 is 45.7. The van der Waals surface area contributed by atoms with E-state index in [0.717, 1.165) is 15.4 Å². The summed E-state index contributed by atoms with van der Waals surface area (Å²) in [6, 6.07) is 14.4. The lowest BCUT2D eigenvalue weighted by Gasteiger charge is -2.32. The van der Waals surface area contributed by atoms with Crippen LogP contribution in [0.4, 0.5) is 0 Å². The van der Waals surface area contributed by atoms with E-state index in [4.69, 9.17) is 13.9 Å². The topological polar surface area (TPSA) is 102 Å². The van der Waals surface area contributed by atoms with Gasteiger partial charge in [-0.15, -0.1) is 0 Å². The summed E-state index contributed by atoms with van der Waals surface area (Å²) in [6.45, 7) is 9.46. The van der Waals surface area contributed by atoms with Crippen molar-refractivity contribution in [3.63, 3.8) is 0 Å². The molecule has 0 bridgehead atoms. The fourth-order valence-electron chi connectivity index (χ4n) is 3.87. The van der Waals surface area contributed by atoms with Crippen molar-refractivity contribution in [3.05, 3.63) is 71.1 Å². The van der Waals surface area contributed by atoms with Crippen LogP contribution in [-0.2, 0) is 26.3 Å². The third-order valence-electron chi connectivity index (χ3n) is 6.18. The third kappa shape index (κ3) is 6.76. The number of oxazole rings is 1. The van der Waals surface area contributed by atoms with E-state index in [9.17, 15) is 13.2 Å². The van der Waals surface area contributed by atoms with Crippen LogP contribution in [0.5, 0.6) is 5.75 Å². The van der Waals surface area contributed by atoms with Crippen LogP contribution in [0.15, 0.2) is 52.9 Å². The van der Waals surface area contributed by atoms with Gasteiger partial charge in [0.1, 0.15) is 30.4 Å². The van der Waals surface area contributed by atoms with E-state index in [1.165, 1.54) is 11.4 Å². The molecule has 3 rings (SSSR count). The normalized spacial score (nSPS) is 12.6. The lowest BCUT2D eigenvalue weighted by atomic mass is 10.1. The van der Waals surface area contributed by atoms with Gasteiger partial charge < -0.3 is 13.9 Å². The minimum Gasteiger partial charge on any atom is -0.487 e. The van der Waals surface area contributed by atoms with Crippen molar-refractivity contribution in [1.82, 2.24) is 13.6 Å². The predicted octanol–water partition coefficient (Wildman–Crippen LogP) is 4.66. The van der Waals surface area contributed by atoms with Gasteiger partial charge in [-0.1, -0.05) is 43.7 Å². The van der Waals surface area contributed by atoms with Crippen molar-refractivity contribution in [1.29, 1.82) is 0 Å². The Balaban J connectivity index is 1.80. The van der Waals surface area contributed by atoms with Crippen molar-refractivity contribution >= 4 is 16.2 Å². The molecule has 0 N–H and O–H groups in total. The molecule has 2 aromatic carbocycles. The Bertz CT molecular complexity index is 1300. The molecule has 0 amide bonds. The number of rotatable bonds is 12. The molecule has 3 aromatic rings. The molecule has 10 heteroatoms. The van der Waals surface area contributed by atoms with Crippen LogP contribution >= 0.6 is 0 Å². The molecular weight excluding hydrogens is 494 g/mol. The Labute approximate surface area is 219 Å². The molecule has 1 atom stereocenters. The number of nitrogens with zero attached hydrogens (tertiary/aromatic N) is 3. The highest BCUT2D eigenvalue weighted by Gasteiger charge is 2.34. The first-order valence-corrected chi connectivity index (χ1v) is 13.6. The summed E-state index contributed by atoms with van der Waals surface area (Å²) in [5.41, 5.74) is 3.38. The third-order valence-corrected chi connectivity index (χ3v) is 8.39. The molecule has 0 aliphatic carbocycles. The van der Waals surface area contributed by atoms with E-state index in [1.807, 2.05) is 38.1 Å². The SMILES string of the molecule is CCN(CC)S(=O)(=O)N(CC(=O)OC)C(C)c1cccc(OCc2nc(-c3ccc(C)cc3)oc2C)c1. The van der Waals surface area contributed by atoms with E-state index in [1.54, 1.807) is 45.0 Å². The molecule has 37 heavy (non-hydrogen) atoms. The van der Waals surface area contributed by atoms with E-state index in [2.05, 4.69) is 4.98 Å². The molecule has 0 spiro atoms. The van der Waals surface area contributed by atoms with Crippen LogP contribution in [0, 0.1) is 13.8 Å². The first-order chi connectivity index (χ1) is 17.6. The van der Waals surface area contributed by atoms with Crippen LogP contribution in [0.1, 0.15) is 49.4 Å². The molecular formula is C27H35N3O6S. The summed E-state index contributed by atoms with van der Waals surface area (Å²) in [5, 5.41) is 0. The Morgan fingerprint density at radius 2 is 1.76 bits per heavy atom. The minimum absolute atomic E-state index is 0.183. The monoisotopic (exact) mass is 529 g/mol. The van der Waals surface area contributed by atoms with E-state index in [0.29, 0.717) is 28.7 Å². The van der Waals surface area contributed by atoms with Gasteiger partial charge in [-0.2, -0.15) is 17.0 Å². The molecule has 0 saturated heterocycles. The number of esters is 1. The Hall–Kier alpha value is -3.21. The maximum Gasteiger partial charge on any atom is 0.321 e. The first kappa shape index (κ1) is 28.4. The molecule has 1 aromatic heterocycles. The Kier molecular flexibility index (Phi) is 9.47. The van der Waals surface area contributed by atoms with Crippen molar-refractivity contribution in [2.24, 2.45) is 0 Å². The van der Waals surface area contributed by atoms with Crippen LogP contribution in [0.2, 0.25) is 0 Å². The standard InChI is InChI=1S/C27H35N3O6S/c1-7-29(8-2)37(32,33)30(17-26(31)34-6)20(4)23-10-9-11-24(16-23)35-18-25-21(5)36-27(28-25)22-14-12-19(3)13-15-22/h9-16,20H,7-8,17-18H2,1-6H3. The van der Waals surface area contributed by atoms with Gasteiger partial charge in [0.15, 0.2) is 0 Å². The zero-order valence-electron chi connectivity index (χ0n) is 22.2. The second-order valence-corrected chi connectivity index (χ2v) is 10.5. The van der Waals surface area contributed by atoms with Gasteiger partial charge in [0.2, 0.25) is 5.89 Å². The van der Waals surface area contributed by atoms with Crippen LogP contribution in [0.3, 0.4) is 0 Å². The summed E-state index contributed by atoms with van der Waals surface area (Å²) in [7, 11) is -2.68. The number of carbonyl (C=O) groups excluding carboxylic acids is 1. The fourth-order valence-corrected chi connectivity index (χ4v) is 5.61. The van der Waals surface area contributed by atoms with Gasteiger partial charge in [-0.3, -0.25) is 4.79 Å². The highest BCUT2D eigenvalue weighted by Crippen LogP contribution is 2.29. The molecule has 0 aliphatic heterocycles. The largest absolute Gasteiger partial charge is 0.487 e. The Morgan fingerprint density at radius 3 is 2.38 bits per heavy atom. The fraction of sp³-hybridized carbons (Fsp3) is 0.407. The molecule has 9 nitrogen and oxygen atoms in total. The van der Waals surface area contributed by atoms with Crippen molar-refractivity contribution < 1.29 is 27.1 Å². The van der Waals surface area contributed by atoms with Crippen molar-refractivity contribution in [2.75, 3.05) is 26.7 Å². The number of hydrogen-bond acceptors (Lipinski definition) is 7. The molecule has 0 saturated carbocycles. The van der Waals surface area contributed by atoms with Gasteiger partial charge in [0.05, 0.1) is 7.11 Å². The average Bonchev–Trinajstić information content (AvgIpc) is 3.26. The lowest BCUT2D eigenvalue weighted by Crippen LogP contribution is -2.47. The van der Waals surface area contributed by atoms with Gasteiger partial charge in [-0.05, 0) is 50.6 Å². The van der Waals surface area contributed by atoms with Crippen molar-refractivity contribution in [2.45, 2.75) is 47.3 Å². The molecule has 1 heterocycles. The second kappa shape index (κ2) is 12.4. The van der Waals surface area contributed by atoms with Gasteiger partial charge in [0.25, 0.3) is 10.2 Å². The summed E-state index contributed by atoms with van der Waals surface area (Å²) in [6.07, 6.45) is 0. The van der Waals surface area contributed by atoms with E-state index >= 15 is 0 Å². The summed E-state index contributed by atoms with van der Waals surface area (Å²) in [5.74, 6) is 1.09. The van der Waals surface area contributed by atoms with Crippen LogP contribution in [-0.4, -0.2) is 54.7 Å². The molecule has 200 valence electrons. The number of ether oxygens (including phenoxy) is 2. The number of aromatic nitrogens is 1. The average molecular weight is 530 g/mol. The first-order valence-electron chi connectivity index (χ1n) is 12.2. The molecule has 0 fully saturated rings. The molecule has 1 unspecified atom stereocenters. The Morgan fingerprint density at radius 1 is 1.08 bits per heavy atom. The maximum atomic E-state index is 13.3. The predicted molar refractivity (Wildman–Crippen MR) is 141 cm³/mol. The number of aryl methyl sites for hydroxylation is 2. The summed E-state index contributed by atoms with van der Waals surface area (Å²) in [4.78, 5) is 16.7.